The highest BCUT2D eigenvalue weighted by Gasteiger charge is 2.07. The van der Waals surface area contributed by atoms with Gasteiger partial charge in [-0.05, 0) is 30.5 Å². The summed E-state index contributed by atoms with van der Waals surface area (Å²) < 4.78 is 0. The van der Waals surface area contributed by atoms with Crippen molar-refractivity contribution < 1.29 is 4.79 Å². The SMILES string of the molecule is CC(Nc1ccc(C(N)=O)cn1)c1cccs1. The molecule has 5 heteroatoms. The number of thiophene rings is 1. The van der Waals surface area contributed by atoms with Crippen LogP contribution < -0.4 is 11.1 Å². The molecule has 17 heavy (non-hydrogen) atoms. The van der Waals surface area contributed by atoms with Crippen LogP contribution >= 0.6 is 11.3 Å². The number of nitrogens with two attached hydrogens (primary N) is 1. The number of primary amides is 1. The van der Waals surface area contributed by atoms with Gasteiger partial charge < -0.3 is 11.1 Å². The molecule has 0 fully saturated rings. The maximum atomic E-state index is 10.9. The Labute approximate surface area is 103 Å². The Balaban J connectivity index is 2.06. The Morgan fingerprint density at radius 1 is 1.47 bits per heavy atom. The van der Waals surface area contributed by atoms with E-state index < -0.39 is 5.91 Å². The number of anilines is 1. The van der Waals surface area contributed by atoms with Crippen LogP contribution in [0.25, 0.3) is 0 Å². The first-order chi connectivity index (χ1) is 8.16. The molecule has 0 aliphatic rings. The summed E-state index contributed by atoms with van der Waals surface area (Å²) in [6.07, 6.45) is 1.48. The second-order valence-electron chi connectivity index (χ2n) is 3.68. The minimum absolute atomic E-state index is 0.196. The van der Waals surface area contributed by atoms with Crippen molar-refractivity contribution >= 4 is 23.1 Å². The molecule has 0 saturated carbocycles. The second kappa shape index (κ2) is 4.97. The van der Waals surface area contributed by atoms with E-state index in [4.69, 9.17) is 5.73 Å². The first-order valence-corrected chi connectivity index (χ1v) is 6.10. The minimum Gasteiger partial charge on any atom is -0.366 e. The van der Waals surface area contributed by atoms with Crippen molar-refractivity contribution in [3.05, 3.63) is 46.3 Å². The van der Waals surface area contributed by atoms with Crippen molar-refractivity contribution in [2.45, 2.75) is 13.0 Å². The summed E-state index contributed by atoms with van der Waals surface area (Å²) >= 11 is 1.69. The number of aromatic nitrogens is 1. The number of hydrogen-bond donors (Lipinski definition) is 2. The molecule has 1 atom stereocenters. The first kappa shape index (κ1) is 11.6. The number of hydrogen-bond acceptors (Lipinski definition) is 4. The Morgan fingerprint density at radius 3 is 2.82 bits per heavy atom. The number of carbonyl (C=O) groups is 1. The van der Waals surface area contributed by atoms with Gasteiger partial charge in [-0.2, -0.15) is 0 Å². The normalized spacial score (nSPS) is 12.1. The second-order valence-corrected chi connectivity index (χ2v) is 4.66. The molecule has 0 aliphatic heterocycles. The van der Waals surface area contributed by atoms with Crippen molar-refractivity contribution in [2.75, 3.05) is 5.32 Å². The fourth-order valence-electron chi connectivity index (χ4n) is 1.46. The fourth-order valence-corrected chi connectivity index (χ4v) is 2.19. The van der Waals surface area contributed by atoms with Gasteiger partial charge in [-0.1, -0.05) is 6.07 Å². The van der Waals surface area contributed by atoms with Crippen LogP contribution in [0.3, 0.4) is 0 Å². The van der Waals surface area contributed by atoms with Crippen LogP contribution in [0.2, 0.25) is 0 Å². The van der Waals surface area contributed by atoms with Crippen molar-refractivity contribution in [2.24, 2.45) is 5.73 Å². The Morgan fingerprint density at radius 2 is 2.29 bits per heavy atom. The van der Waals surface area contributed by atoms with Crippen LogP contribution in [0.15, 0.2) is 35.8 Å². The fraction of sp³-hybridized carbons (Fsp3) is 0.167. The van der Waals surface area contributed by atoms with E-state index in [0.29, 0.717) is 5.56 Å². The summed E-state index contributed by atoms with van der Waals surface area (Å²) in [5.74, 6) is 0.270. The van der Waals surface area contributed by atoms with Gasteiger partial charge in [-0.25, -0.2) is 4.98 Å². The highest BCUT2D eigenvalue weighted by Crippen LogP contribution is 2.21. The topological polar surface area (TPSA) is 68.0 Å². The maximum absolute atomic E-state index is 10.9. The monoisotopic (exact) mass is 247 g/mol. The van der Waals surface area contributed by atoms with E-state index in [2.05, 4.69) is 23.3 Å². The molecular formula is C12H13N3OS. The van der Waals surface area contributed by atoms with Gasteiger partial charge in [0.1, 0.15) is 5.82 Å². The molecule has 2 aromatic rings. The van der Waals surface area contributed by atoms with Crippen LogP contribution in [0, 0.1) is 0 Å². The molecule has 1 amide bonds. The maximum Gasteiger partial charge on any atom is 0.250 e. The Kier molecular flexibility index (Phi) is 3.39. The molecule has 2 aromatic heterocycles. The van der Waals surface area contributed by atoms with E-state index in [1.54, 1.807) is 23.5 Å². The zero-order valence-corrected chi connectivity index (χ0v) is 10.2. The van der Waals surface area contributed by atoms with Gasteiger partial charge >= 0.3 is 0 Å². The van der Waals surface area contributed by atoms with Crippen molar-refractivity contribution in [1.82, 2.24) is 4.98 Å². The highest BCUT2D eigenvalue weighted by atomic mass is 32.1. The molecule has 88 valence electrons. The lowest BCUT2D eigenvalue weighted by Crippen LogP contribution is -2.12. The quantitative estimate of drug-likeness (QED) is 0.871. The zero-order chi connectivity index (χ0) is 12.3. The molecule has 0 aliphatic carbocycles. The van der Waals surface area contributed by atoms with Crippen LogP contribution in [0.1, 0.15) is 28.2 Å². The lowest BCUT2D eigenvalue weighted by atomic mass is 10.2. The first-order valence-electron chi connectivity index (χ1n) is 5.22. The third kappa shape index (κ3) is 2.82. The van der Waals surface area contributed by atoms with Crippen LogP contribution in [-0.4, -0.2) is 10.9 Å². The molecule has 2 heterocycles. The lowest BCUT2D eigenvalue weighted by molar-refractivity contribution is 0.1000. The van der Waals surface area contributed by atoms with Crippen molar-refractivity contribution in [3.63, 3.8) is 0 Å². The molecule has 0 spiro atoms. The molecule has 0 radical (unpaired) electrons. The number of amides is 1. The summed E-state index contributed by atoms with van der Waals surface area (Å²) in [6.45, 7) is 2.06. The Hall–Kier alpha value is -1.88. The summed E-state index contributed by atoms with van der Waals surface area (Å²) in [5.41, 5.74) is 5.56. The van der Waals surface area contributed by atoms with Gasteiger partial charge in [0.25, 0.3) is 0 Å². The summed E-state index contributed by atoms with van der Waals surface area (Å²) in [6, 6.07) is 7.70. The van der Waals surface area contributed by atoms with Crippen LogP contribution in [0.5, 0.6) is 0 Å². The van der Waals surface area contributed by atoms with Gasteiger partial charge in [0.2, 0.25) is 5.91 Å². The molecule has 0 bridgehead atoms. The van der Waals surface area contributed by atoms with E-state index in [1.807, 2.05) is 11.4 Å². The average molecular weight is 247 g/mol. The van der Waals surface area contributed by atoms with E-state index >= 15 is 0 Å². The van der Waals surface area contributed by atoms with Crippen LogP contribution in [-0.2, 0) is 0 Å². The van der Waals surface area contributed by atoms with E-state index in [1.165, 1.54) is 11.1 Å². The zero-order valence-electron chi connectivity index (χ0n) is 9.38. The van der Waals surface area contributed by atoms with E-state index in [-0.39, 0.29) is 6.04 Å². The van der Waals surface area contributed by atoms with Gasteiger partial charge in [0, 0.05) is 11.1 Å². The third-order valence-corrected chi connectivity index (χ3v) is 3.44. The van der Waals surface area contributed by atoms with Crippen molar-refractivity contribution in [3.8, 4) is 0 Å². The summed E-state index contributed by atoms with van der Waals surface area (Å²) in [7, 11) is 0. The van der Waals surface area contributed by atoms with Gasteiger partial charge in [-0.3, -0.25) is 4.79 Å². The number of nitrogens with one attached hydrogen (secondary N) is 1. The molecule has 0 saturated heterocycles. The number of pyridine rings is 1. The van der Waals surface area contributed by atoms with Crippen LogP contribution in [0.4, 0.5) is 5.82 Å². The number of carbonyl (C=O) groups excluding carboxylic acids is 1. The predicted octanol–water partition coefficient (Wildman–Crippen LogP) is 2.42. The molecule has 0 aromatic carbocycles. The highest BCUT2D eigenvalue weighted by molar-refractivity contribution is 7.10. The number of rotatable bonds is 4. The molecule has 2 rings (SSSR count). The molecular weight excluding hydrogens is 234 g/mol. The smallest absolute Gasteiger partial charge is 0.250 e. The Bertz CT molecular complexity index is 493. The minimum atomic E-state index is -0.463. The molecule has 4 nitrogen and oxygen atoms in total. The lowest BCUT2D eigenvalue weighted by Gasteiger charge is -2.12. The van der Waals surface area contributed by atoms with Gasteiger partial charge in [0.05, 0.1) is 11.6 Å². The molecule has 3 N–H and O–H groups in total. The molecule has 1 unspecified atom stereocenters. The predicted molar refractivity (Wildman–Crippen MR) is 69.1 cm³/mol. The standard InChI is InChI=1S/C12H13N3OS/c1-8(10-3-2-6-17-10)15-11-5-4-9(7-14-11)12(13)16/h2-8H,1H3,(H2,13,16)(H,14,15). The third-order valence-electron chi connectivity index (χ3n) is 2.38. The number of nitrogens with zero attached hydrogens (tertiary/aromatic N) is 1. The largest absolute Gasteiger partial charge is 0.366 e. The van der Waals surface area contributed by atoms with E-state index in [0.717, 1.165) is 5.82 Å². The summed E-state index contributed by atoms with van der Waals surface area (Å²) in [4.78, 5) is 16.3. The van der Waals surface area contributed by atoms with Crippen molar-refractivity contribution in [1.29, 1.82) is 0 Å². The van der Waals surface area contributed by atoms with E-state index in [9.17, 15) is 4.79 Å². The average Bonchev–Trinajstić information content (AvgIpc) is 2.83. The van der Waals surface area contributed by atoms with Gasteiger partial charge in [-0.15, -0.1) is 11.3 Å². The van der Waals surface area contributed by atoms with Gasteiger partial charge in [0.15, 0.2) is 0 Å². The summed E-state index contributed by atoms with van der Waals surface area (Å²) in [5, 5.41) is 5.30.